The molecule has 0 fully saturated rings. The zero-order valence-corrected chi connectivity index (χ0v) is 13.1. The highest BCUT2D eigenvalue weighted by molar-refractivity contribution is 6.30. The average molecular weight is 327 g/mol. The summed E-state index contributed by atoms with van der Waals surface area (Å²) < 4.78 is 5.32. The van der Waals surface area contributed by atoms with Crippen LogP contribution in [0.25, 0.3) is 0 Å². The number of carbonyl (C=O) groups excluding carboxylic acids is 1. The quantitative estimate of drug-likeness (QED) is 0.504. The van der Waals surface area contributed by atoms with E-state index in [9.17, 15) is 4.79 Å². The molecule has 23 heavy (non-hydrogen) atoms. The van der Waals surface area contributed by atoms with E-state index in [4.69, 9.17) is 22.8 Å². The molecule has 0 saturated carbocycles. The molecule has 1 amide bonds. The molecule has 4 nitrogen and oxygen atoms in total. The van der Waals surface area contributed by atoms with Gasteiger partial charge in [-0.25, -0.2) is 5.43 Å². The third-order valence-corrected chi connectivity index (χ3v) is 3.11. The highest BCUT2D eigenvalue weighted by atomic mass is 35.5. The third-order valence-electron chi connectivity index (χ3n) is 2.86. The molecular weight excluding hydrogens is 312 g/mol. The van der Waals surface area contributed by atoms with Crippen molar-refractivity contribution in [1.82, 2.24) is 5.43 Å². The van der Waals surface area contributed by atoms with Crippen molar-refractivity contribution in [2.75, 3.05) is 6.61 Å². The summed E-state index contributed by atoms with van der Waals surface area (Å²) in [5.74, 6) is 2.85. The fraction of sp³-hybridized carbons (Fsp3) is 0.111. The molecule has 1 N–H and O–H groups in total. The van der Waals surface area contributed by atoms with E-state index in [0.717, 1.165) is 11.1 Å². The normalized spacial score (nSPS) is 10.3. The lowest BCUT2D eigenvalue weighted by molar-refractivity contribution is -0.120. The van der Waals surface area contributed by atoms with E-state index in [1.165, 1.54) is 0 Å². The Morgan fingerprint density at radius 2 is 2.09 bits per heavy atom. The number of benzene rings is 2. The monoisotopic (exact) mass is 326 g/mol. The van der Waals surface area contributed by atoms with Crippen LogP contribution in [-0.4, -0.2) is 18.7 Å². The standard InChI is InChI=1S/C18H15ClN2O2/c1-2-10-23-17-5-3-4-15(11-17)13-20-21-18(22)12-14-6-8-16(19)9-7-14/h1,3-9,11,13H,10,12H2,(H,21,22)/b20-13-. The van der Waals surface area contributed by atoms with Crippen LogP contribution in [0.1, 0.15) is 11.1 Å². The minimum Gasteiger partial charge on any atom is -0.481 e. The van der Waals surface area contributed by atoms with Gasteiger partial charge in [0.2, 0.25) is 5.91 Å². The molecule has 0 heterocycles. The largest absolute Gasteiger partial charge is 0.481 e. The van der Waals surface area contributed by atoms with E-state index in [0.29, 0.717) is 10.8 Å². The molecule has 0 atom stereocenters. The summed E-state index contributed by atoms with van der Waals surface area (Å²) in [5, 5.41) is 4.57. The molecule has 0 aliphatic carbocycles. The number of nitrogens with one attached hydrogen (secondary N) is 1. The predicted molar refractivity (Wildman–Crippen MR) is 91.7 cm³/mol. The highest BCUT2D eigenvalue weighted by Crippen LogP contribution is 2.12. The van der Waals surface area contributed by atoms with Gasteiger partial charge in [-0.3, -0.25) is 4.79 Å². The SMILES string of the molecule is C#CCOc1cccc(/C=N\NC(=O)Cc2ccc(Cl)cc2)c1. The Kier molecular flexibility index (Phi) is 6.22. The third kappa shape index (κ3) is 5.85. The van der Waals surface area contributed by atoms with Crippen LogP contribution in [0.5, 0.6) is 5.75 Å². The van der Waals surface area contributed by atoms with Crippen LogP contribution in [0.4, 0.5) is 0 Å². The van der Waals surface area contributed by atoms with Gasteiger partial charge in [0.25, 0.3) is 0 Å². The fourth-order valence-electron chi connectivity index (χ4n) is 1.82. The number of nitrogens with zero attached hydrogens (tertiary/aromatic N) is 1. The van der Waals surface area contributed by atoms with Crippen LogP contribution in [0.2, 0.25) is 5.02 Å². The molecule has 2 rings (SSSR count). The van der Waals surface area contributed by atoms with Crippen molar-refractivity contribution in [2.45, 2.75) is 6.42 Å². The molecule has 0 radical (unpaired) electrons. The molecule has 0 spiro atoms. The van der Waals surface area contributed by atoms with E-state index < -0.39 is 0 Å². The number of ether oxygens (including phenoxy) is 1. The summed E-state index contributed by atoms with van der Waals surface area (Å²) in [5.41, 5.74) is 4.15. The van der Waals surface area contributed by atoms with E-state index in [-0.39, 0.29) is 18.9 Å². The van der Waals surface area contributed by atoms with Crippen LogP contribution < -0.4 is 10.2 Å². The van der Waals surface area contributed by atoms with Crippen molar-refractivity contribution in [3.8, 4) is 18.1 Å². The Morgan fingerprint density at radius 1 is 1.30 bits per heavy atom. The molecule has 5 heteroatoms. The number of hydrazone groups is 1. The summed E-state index contributed by atoms with van der Waals surface area (Å²) in [4.78, 5) is 11.8. The minimum atomic E-state index is -0.205. The van der Waals surface area contributed by atoms with Crippen molar-refractivity contribution in [2.24, 2.45) is 5.10 Å². The van der Waals surface area contributed by atoms with Crippen molar-refractivity contribution < 1.29 is 9.53 Å². The summed E-state index contributed by atoms with van der Waals surface area (Å²) in [6.45, 7) is 0.207. The number of halogens is 1. The minimum absolute atomic E-state index is 0.205. The second-order valence-electron chi connectivity index (χ2n) is 4.66. The molecule has 0 aliphatic heterocycles. The Bertz CT molecular complexity index is 733. The van der Waals surface area contributed by atoms with E-state index >= 15 is 0 Å². The first-order valence-electron chi connectivity index (χ1n) is 6.90. The van der Waals surface area contributed by atoms with Gasteiger partial charge in [-0.05, 0) is 35.4 Å². The Balaban J connectivity index is 1.87. The number of hydrogen-bond acceptors (Lipinski definition) is 3. The van der Waals surface area contributed by atoms with Gasteiger partial charge in [-0.2, -0.15) is 5.10 Å². The second kappa shape index (κ2) is 8.62. The summed E-state index contributed by atoms with van der Waals surface area (Å²) >= 11 is 5.80. The topological polar surface area (TPSA) is 50.7 Å². The van der Waals surface area contributed by atoms with Crippen LogP contribution in [-0.2, 0) is 11.2 Å². The highest BCUT2D eigenvalue weighted by Gasteiger charge is 2.02. The number of terminal acetylenes is 1. The summed E-state index contributed by atoms with van der Waals surface area (Å²) in [6, 6.07) is 14.3. The molecule has 0 unspecified atom stereocenters. The van der Waals surface area contributed by atoms with Gasteiger partial charge in [-0.1, -0.05) is 41.8 Å². The first-order valence-corrected chi connectivity index (χ1v) is 7.28. The van der Waals surface area contributed by atoms with Gasteiger partial charge in [0.1, 0.15) is 12.4 Å². The maximum atomic E-state index is 11.8. The maximum absolute atomic E-state index is 11.8. The number of amides is 1. The smallest absolute Gasteiger partial charge is 0.244 e. The Morgan fingerprint density at radius 3 is 2.83 bits per heavy atom. The van der Waals surface area contributed by atoms with Gasteiger partial charge in [0, 0.05) is 5.02 Å². The summed E-state index contributed by atoms with van der Waals surface area (Å²) in [7, 11) is 0. The van der Waals surface area contributed by atoms with E-state index in [1.54, 1.807) is 42.6 Å². The Hall–Kier alpha value is -2.77. The lowest BCUT2D eigenvalue weighted by Crippen LogP contribution is -2.19. The summed E-state index contributed by atoms with van der Waals surface area (Å²) in [6.07, 6.45) is 6.92. The molecule has 2 aromatic rings. The fourth-order valence-corrected chi connectivity index (χ4v) is 1.94. The van der Waals surface area contributed by atoms with Gasteiger partial charge >= 0.3 is 0 Å². The van der Waals surface area contributed by atoms with Crippen molar-refractivity contribution in [3.05, 3.63) is 64.7 Å². The Labute approximate surface area is 140 Å². The average Bonchev–Trinajstić information content (AvgIpc) is 2.55. The lowest BCUT2D eigenvalue weighted by Gasteiger charge is -2.03. The van der Waals surface area contributed by atoms with Crippen LogP contribution in [0.3, 0.4) is 0 Å². The van der Waals surface area contributed by atoms with Crippen LogP contribution >= 0.6 is 11.6 Å². The molecule has 116 valence electrons. The van der Waals surface area contributed by atoms with E-state index in [2.05, 4.69) is 16.4 Å². The molecule has 0 saturated heterocycles. The number of carbonyl (C=O) groups is 1. The zero-order chi connectivity index (χ0) is 16.5. The van der Waals surface area contributed by atoms with E-state index in [1.807, 2.05) is 12.1 Å². The molecule has 0 bridgehead atoms. The first-order chi connectivity index (χ1) is 11.2. The molecule has 0 aromatic heterocycles. The van der Waals surface area contributed by atoms with Crippen LogP contribution in [0, 0.1) is 12.3 Å². The van der Waals surface area contributed by atoms with Crippen molar-refractivity contribution >= 4 is 23.7 Å². The second-order valence-corrected chi connectivity index (χ2v) is 5.10. The number of rotatable bonds is 6. The van der Waals surface area contributed by atoms with Crippen molar-refractivity contribution in [1.29, 1.82) is 0 Å². The predicted octanol–water partition coefficient (Wildman–Crippen LogP) is 3.04. The van der Waals surface area contributed by atoms with Gasteiger partial charge < -0.3 is 4.74 Å². The maximum Gasteiger partial charge on any atom is 0.244 e. The molecule has 0 aliphatic rings. The molecule has 2 aromatic carbocycles. The van der Waals surface area contributed by atoms with Gasteiger partial charge in [0.15, 0.2) is 0 Å². The number of hydrogen-bond donors (Lipinski definition) is 1. The van der Waals surface area contributed by atoms with Gasteiger partial charge in [-0.15, -0.1) is 6.42 Å². The molecular formula is C18H15ClN2O2. The lowest BCUT2D eigenvalue weighted by atomic mass is 10.1. The van der Waals surface area contributed by atoms with Crippen LogP contribution in [0.15, 0.2) is 53.6 Å². The van der Waals surface area contributed by atoms with Gasteiger partial charge in [0.05, 0.1) is 12.6 Å². The first kappa shape index (κ1) is 16.6. The zero-order valence-electron chi connectivity index (χ0n) is 12.3. The van der Waals surface area contributed by atoms with Crippen molar-refractivity contribution in [3.63, 3.8) is 0 Å².